The van der Waals surface area contributed by atoms with E-state index in [-0.39, 0.29) is 5.92 Å². The molecule has 3 heteroatoms. The average molecular weight is 348 g/mol. The van der Waals surface area contributed by atoms with Gasteiger partial charge in [-0.1, -0.05) is 44.4 Å². The number of halogens is 3. The zero-order valence-corrected chi connectivity index (χ0v) is 14.9. The summed E-state index contributed by atoms with van der Waals surface area (Å²) < 4.78 is 40.0. The number of benzene rings is 1. The van der Waals surface area contributed by atoms with Gasteiger partial charge in [-0.25, -0.2) is 13.2 Å². The summed E-state index contributed by atoms with van der Waals surface area (Å²) >= 11 is 0. The molecule has 1 fully saturated rings. The molecule has 0 amide bonds. The van der Waals surface area contributed by atoms with Gasteiger partial charge >= 0.3 is 0 Å². The smallest absolute Gasteiger partial charge is 0.194 e. The molecule has 0 bridgehead atoms. The zero-order valence-electron chi connectivity index (χ0n) is 14.9. The molecule has 1 atom stereocenters. The Hall–Kier alpha value is -1.51. The summed E-state index contributed by atoms with van der Waals surface area (Å²) in [5.74, 6) is -2.17. The topological polar surface area (TPSA) is 0 Å². The Labute approximate surface area is 148 Å². The molecule has 136 valence electrons. The van der Waals surface area contributed by atoms with Crippen LogP contribution >= 0.6 is 0 Å². The van der Waals surface area contributed by atoms with Crippen molar-refractivity contribution in [1.29, 1.82) is 0 Å². The van der Waals surface area contributed by atoms with Gasteiger partial charge in [-0.2, -0.15) is 0 Å². The standard InChI is InChI=1S/C22H27F3/c1-2-3-4-15-5-7-16(8-6-15)17-9-11-18(12-10-17)19-13-20(23)22(25)21(24)14-19/h9-11,13-16,18H,2-8,12H2,1H3/t15-,16-,18?. The summed E-state index contributed by atoms with van der Waals surface area (Å²) in [4.78, 5) is 0. The van der Waals surface area contributed by atoms with Crippen LogP contribution < -0.4 is 0 Å². The zero-order chi connectivity index (χ0) is 17.8. The van der Waals surface area contributed by atoms with Crippen molar-refractivity contribution in [2.45, 2.75) is 64.2 Å². The van der Waals surface area contributed by atoms with Crippen LogP contribution in [0.4, 0.5) is 13.2 Å². The van der Waals surface area contributed by atoms with Crippen molar-refractivity contribution >= 4 is 0 Å². The Bertz CT molecular complexity index is 628. The molecule has 0 spiro atoms. The summed E-state index contributed by atoms with van der Waals surface area (Å²) in [5.41, 5.74) is 1.87. The van der Waals surface area contributed by atoms with E-state index in [0.717, 1.165) is 24.5 Å². The van der Waals surface area contributed by atoms with Crippen LogP contribution in [0.5, 0.6) is 0 Å². The Morgan fingerprint density at radius 3 is 2.24 bits per heavy atom. The molecule has 0 saturated heterocycles. The fourth-order valence-corrected chi connectivity index (χ4v) is 4.25. The first kappa shape index (κ1) is 18.3. The first-order chi connectivity index (χ1) is 12.1. The predicted octanol–water partition coefficient (Wildman–Crippen LogP) is 7.07. The fraction of sp³-hybridized carbons (Fsp3) is 0.545. The molecule has 1 saturated carbocycles. The van der Waals surface area contributed by atoms with Gasteiger partial charge in [0.1, 0.15) is 0 Å². The van der Waals surface area contributed by atoms with Crippen molar-refractivity contribution in [3.63, 3.8) is 0 Å². The second-order valence-electron chi connectivity index (χ2n) is 7.56. The maximum atomic E-state index is 13.4. The number of rotatable bonds is 5. The molecule has 2 aliphatic carbocycles. The van der Waals surface area contributed by atoms with Gasteiger partial charge in [0, 0.05) is 5.92 Å². The highest BCUT2D eigenvalue weighted by molar-refractivity contribution is 5.35. The normalized spacial score (nSPS) is 26.6. The van der Waals surface area contributed by atoms with Gasteiger partial charge in [0.05, 0.1) is 0 Å². The van der Waals surface area contributed by atoms with Gasteiger partial charge in [-0.3, -0.25) is 0 Å². The Morgan fingerprint density at radius 1 is 1.00 bits per heavy atom. The molecule has 0 nitrogen and oxygen atoms in total. The van der Waals surface area contributed by atoms with E-state index in [2.05, 4.69) is 19.1 Å². The highest BCUT2D eigenvalue weighted by Crippen LogP contribution is 2.39. The highest BCUT2D eigenvalue weighted by atomic mass is 19.2. The monoisotopic (exact) mass is 348 g/mol. The van der Waals surface area contributed by atoms with Crippen LogP contribution in [0.25, 0.3) is 0 Å². The Balaban J connectivity index is 1.58. The van der Waals surface area contributed by atoms with E-state index >= 15 is 0 Å². The van der Waals surface area contributed by atoms with Crippen LogP contribution in [-0.4, -0.2) is 0 Å². The molecule has 2 aliphatic rings. The lowest BCUT2D eigenvalue weighted by Gasteiger charge is -2.31. The van der Waals surface area contributed by atoms with Crippen LogP contribution in [-0.2, 0) is 0 Å². The third-order valence-electron chi connectivity index (χ3n) is 5.85. The van der Waals surface area contributed by atoms with Crippen LogP contribution in [0, 0.1) is 29.3 Å². The van der Waals surface area contributed by atoms with Crippen molar-refractivity contribution in [3.8, 4) is 0 Å². The number of allylic oxidation sites excluding steroid dienone is 4. The largest absolute Gasteiger partial charge is 0.204 e. The summed E-state index contributed by atoms with van der Waals surface area (Å²) in [5, 5.41) is 0. The lowest BCUT2D eigenvalue weighted by molar-refractivity contribution is 0.284. The predicted molar refractivity (Wildman–Crippen MR) is 95.9 cm³/mol. The molecular weight excluding hydrogens is 321 g/mol. The molecule has 1 aromatic rings. The van der Waals surface area contributed by atoms with Crippen LogP contribution in [0.3, 0.4) is 0 Å². The van der Waals surface area contributed by atoms with Crippen molar-refractivity contribution in [1.82, 2.24) is 0 Å². The second-order valence-corrected chi connectivity index (χ2v) is 7.56. The molecule has 0 aliphatic heterocycles. The molecule has 0 radical (unpaired) electrons. The summed E-state index contributed by atoms with van der Waals surface area (Å²) in [6, 6.07) is 2.23. The van der Waals surface area contributed by atoms with E-state index in [9.17, 15) is 13.2 Å². The fourth-order valence-electron chi connectivity index (χ4n) is 4.25. The maximum Gasteiger partial charge on any atom is 0.194 e. The van der Waals surface area contributed by atoms with E-state index < -0.39 is 17.5 Å². The third-order valence-corrected chi connectivity index (χ3v) is 5.85. The van der Waals surface area contributed by atoms with Crippen molar-refractivity contribution in [2.24, 2.45) is 11.8 Å². The SMILES string of the molecule is CCCC[C@H]1CC[C@H](C2=CCC(c3cc(F)c(F)c(F)c3)C=C2)CC1. The quantitative estimate of drug-likeness (QED) is 0.499. The molecule has 0 aromatic heterocycles. The van der Waals surface area contributed by atoms with Gasteiger partial charge in [-0.15, -0.1) is 0 Å². The lowest BCUT2D eigenvalue weighted by Crippen LogP contribution is -2.17. The molecule has 1 unspecified atom stereocenters. The number of unbranched alkanes of at least 4 members (excludes halogenated alkanes) is 1. The first-order valence-electron chi connectivity index (χ1n) is 9.61. The number of hydrogen-bond donors (Lipinski definition) is 0. The third kappa shape index (κ3) is 4.37. The van der Waals surface area contributed by atoms with Gasteiger partial charge in [0.15, 0.2) is 17.5 Å². The average Bonchev–Trinajstić information content (AvgIpc) is 2.64. The van der Waals surface area contributed by atoms with Crippen LogP contribution in [0.15, 0.2) is 35.9 Å². The lowest BCUT2D eigenvalue weighted by atomic mass is 9.75. The van der Waals surface area contributed by atoms with E-state index in [1.54, 1.807) is 0 Å². The Kier molecular flexibility index (Phi) is 6.03. The first-order valence-corrected chi connectivity index (χ1v) is 9.61. The molecule has 0 N–H and O–H groups in total. The van der Waals surface area contributed by atoms with Gasteiger partial charge in [0.2, 0.25) is 0 Å². The van der Waals surface area contributed by atoms with Crippen LogP contribution in [0.2, 0.25) is 0 Å². The molecular formula is C22H27F3. The van der Waals surface area contributed by atoms with Gasteiger partial charge in [0.25, 0.3) is 0 Å². The van der Waals surface area contributed by atoms with E-state index in [0.29, 0.717) is 11.5 Å². The maximum absolute atomic E-state index is 13.4. The van der Waals surface area contributed by atoms with Gasteiger partial charge < -0.3 is 0 Å². The van der Waals surface area contributed by atoms with Crippen molar-refractivity contribution in [3.05, 3.63) is 58.9 Å². The molecule has 25 heavy (non-hydrogen) atoms. The highest BCUT2D eigenvalue weighted by Gasteiger charge is 2.24. The summed E-state index contributed by atoms with van der Waals surface area (Å²) in [6.45, 7) is 2.25. The minimum absolute atomic E-state index is 0.0748. The van der Waals surface area contributed by atoms with Crippen molar-refractivity contribution < 1.29 is 13.2 Å². The minimum atomic E-state index is -1.39. The number of hydrogen-bond acceptors (Lipinski definition) is 0. The minimum Gasteiger partial charge on any atom is -0.204 e. The van der Waals surface area contributed by atoms with E-state index in [1.807, 2.05) is 6.08 Å². The molecule has 0 heterocycles. The van der Waals surface area contributed by atoms with Crippen LogP contribution in [0.1, 0.15) is 69.8 Å². The van der Waals surface area contributed by atoms with Gasteiger partial charge in [-0.05, 0) is 67.2 Å². The van der Waals surface area contributed by atoms with Crippen molar-refractivity contribution in [2.75, 3.05) is 0 Å². The summed E-state index contributed by atoms with van der Waals surface area (Å²) in [6.07, 6.45) is 16.2. The molecule has 3 rings (SSSR count). The Morgan fingerprint density at radius 2 is 1.68 bits per heavy atom. The van der Waals surface area contributed by atoms with E-state index in [4.69, 9.17) is 0 Å². The van der Waals surface area contributed by atoms with E-state index in [1.165, 1.54) is 50.5 Å². The summed E-state index contributed by atoms with van der Waals surface area (Å²) in [7, 11) is 0. The molecule has 1 aromatic carbocycles. The second kappa shape index (κ2) is 8.25.